The summed E-state index contributed by atoms with van der Waals surface area (Å²) in [6.45, 7) is 2.81. The fourth-order valence-corrected chi connectivity index (χ4v) is 1.54. The number of aromatic nitrogens is 3. The molecule has 1 aromatic heterocycles. The van der Waals surface area contributed by atoms with E-state index in [1.807, 2.05) is 19.1 Å². The molecule has 0 aliphatic carbocycles. The van der Waals surface area contributed by atoms with Crippen molar-refractivity contribution in [1.82, 2.24) is 15.0 Å². The monoisotopic (exact) mass is 218 g/mol. The van der Waals surface area contributed by atoms with E-state index in [1.54, 1.807) is 16.8 Å². The highest BCUT2D eigenvalue weighted by Gasteiger charge is 2.08. The molecule has 2 rings (SSSR count). The Labute approximate surface area is 93.5 Å². The molecule has 0 unspecified atom stereocenters. The van der Waals surface area contributed by atoms with Gasteiger partial charge in [-0.15, -0.1) is 5.10 Å². The van der Waals surface area contributed by atoms with Crippen LogP contribution in [0.5, 0.6) is 5.75 Å². The maximum atomic E-state index is 9.64. The number of hydrogen-bond donors (Lipinski definition) is 2. The number of rotatable bonds is 3. The zero-order valence-electron chi connectivity index (χ0n) is 9.09. The van der Waals surface area contributed by atoms with E-state index in [0.29, 0.717) is 13.1 Å². The quantitative estimate of drug-likeness (QED) is 0.798. The Bertz CT molecular complexity index is 492. The molecule has 0 saturated heterocycles. The minimum absolute atomic E-state index is 0.270. The first-order chi connectivity index (χ1) is 7.72. The van der Waals surface area contributed by atoms with Gasteiger partial charge in [0.05, 0.1) is 17.9 Å². The van der Waals surface area contributed by atoms with Gasteiger partial charge in [0, 0.05) is 12.1 Å². The second-order valence-electron chi connectivity index (χ2n) is 3.61. The van der Waals surface area contributed by atoms with Crippen molar-refractivity contribution in [2.75, 3.05) is 0 Å². The second kappa shape index (κ2) is 4.32. The Balaban J connectivity index is 2.27. The summed E-state index contributed by atoms with van der Waals surface area (Å²) in [7, 11) is 0. The van der Waals surface area contributed by atoms with E-state index in [0.717, 1.165) is 17.0 Å². The van der Waals surface area contributed by atoms with Crippen LogP contribution in [0.25, 0.3) is 0 Å². The van der Waals surface area contributed by atoms with Crippen molar-refractivity contribution in [2.24, 2.45) is 5.73 Å². The predicted molar refractivity (Wildman–Crippen MR) is 59.9 cm³/mol. The van der Waals surface area contributed by atoms with Crippen LogP contribution in [0.3, 0.4) is 0 Å². The molecule has 0 saturated carbocycles. The molecule has 0 atom stereocenters. The van der Waals surface area contributed by atoms with Gasteiger partial charge in [-0.1, -0.05) is 23.4 Å². The van der Waals surface area contributed by atoms with E-state index in [4.69, 9.17) is 5.73 Å². The Hall–Kier alpha value is -1.88. The summed E-state index contributed by atoms with van der Waals surface area (Å²) >= 11 is 0. The molecule has 0 amide bonds. The van der Waals surface area contributed by atoms with Gasteiger partial charge in [0.1, 0.15) is 5.75 Å². The number of hydrogen-bond acceptors (Lipinski definition) is 4. The number of phenolic OH excluding ortho intramolecular Hbond substituents is 1. The summed E-state index contributed by atoms with van der Waals surface area (Å²) in [5.74, 6) is 0.270. The van der Waals surface area contributed by atoms with E-state index >= 15 is 0 Å². The van der Waals surface area contributed by atoms with Crippen LogP contribution in [0.4, 0.5) is 0 Å². The van der Waals surface area contributed by atoms with E-state index in [9.17, 15) is 5.11 Å². The molecular formula is C11H14N4O. The lowest BCUT2D eigenvalue weighted by molar-refractivity contribution is 0.462. The molecule has 3 N–H and O–H groups in total. The smallest absolute Gasteiger partial charge is 0.120 e. The Morgan fingerprint density at radius 2 is 2.12 bits per heavy atom. The van der Waals surface area contributed by atoms with Crippen molar-refractivity contribution in [1.29, 1.82) is 0 Å². The topological polar surface area (TPSA) is 77.0 Å². The van der Waals surface area contributed by atoms with Gasteiger partial charge in [-0.3, -0.25) is 0 Å². The van der Waals surface area contributed by atoms with Crippen LogP contribution < -0.4 is 5.73 Å². The van der Waals surface area contributed by atoms with Gasteiger partial charge in [-0.25, -0.2) is 4.68 Å². The summed E-state index contributed by atoms with van der Waals surface area (Å²) < 4.78 is 1.73. The normalized spacial score (nSPS) is 10.6. The van der Waals surface area contributed by atoms with Crippen LogP contribution in [0.1, 0.15) is 17.0 Å². The lowest BCUT2D eigenvalue weighted by Gasteiger charge is -2.05. The van der Waals surface area contributed by atoms with Crippen molar-refractivity contribution in [3.63, 3.8) is 0 Å². The number of nitrogens with two attached hydrogens (primary N) is 1. The molecule has 0 aliphatic heterocycles. The Morgan fingerprint density at radius 3 is 2.75 bits per heavy atom. The maximum absolute atomic E-state index is 9.64. The molecule has 5 heteroatoms. The highest BCUT2D eigenvalue weighted by molar-refractivity contribution is 5.32. The zero-order valence-corrected chi connectivity index (χ0v) is 9.09. The summed E-state index contributed by atoms with van der Waals surface area (Å²) in [5.41, 5.74) is 8.06. The fourth-order valence-electron chi connectivity index (χ4n) is 1.54. The molecule has 0 bridgehead atoms. The van der Waals surface area contributed by atoms with Gasteiger partial charge in [0.15, 0.2) is 0 Å². The highest BCUT2D eigenvalue weighted by atomic mass is 16.3. The summed E-state index contributed by atoms with van der Waals surface area (Å²) in [5, 5.41) is 17.6. The van der Waals surface area contributed by atoms with E-state index < -0.39 is 0 Å². The molecule has 0 fully saturated rings. The van der Waals surface area contributed by atoms with Crippen LogP contribution in [-0.4, -0.2) is 20.1 Å². The average molecular weight is 218 g/mol. The van der Waals surface area contributed by atoms with Gasteiger partial charge in [-0.2, -0.15) is 0 Å². The number of aromatic hydroxyl groups is 1. The zero-order chi connectivity index (χ0) is 11.5. The third-order valence-electron chi connectivity index (χ3n) is 2.58. The predicted octanol–water partition coefficient (Wildman–Crippen LogP) is 0.799. The Kier molecular flexibility index (Phi) is 2.87. The summed E-state index contributed by atoms with van der Waals surface area (Å²) in [4.78, 5) is 0. The van der Waals surface area contributed by atoms with E-state index in [-0.39, 0.29) is 5.75 Å². The molecule has 2 aromatic rings. The second-order valence-corrected chi connectivity index (χ2v) is 3.61. The minimum atomic E-state index is 0.270. The molecule has 0 radical (unpaired) electrons. The molecule has 16 heavy (non-hydrogen) atoms. The van der Waals surface area contributed by atoms with Crippen molar-refractivity contribution < 1.29 is 5.11 Å². The molecule has 0 spiro atoms. The summed E-state index contributed by atoms with van der Waals surface area (Å²) in [6.07, 6.45) is 0. The van der Waals surface area contributed by atoms with Gasteiger partial charge in [0.25, 0.3) is 0 Å². The highest BCUT2D eigenvalue weighted by Crippen LogP contribution is 2.17. The fraction of sp³-hybridized carbons (Fsp3) is 0.273. The minimum Gasteiger partial charge on any atom is -0.508 e. The van der Waals surface area contributed by atoms with Crippen LogP contribution in [0.2, 0.25) is 0 Å². The van der Waals surface area contributed by atoms with Gasteiger partial charge in [0.2, 0.25) is 0 Å². The van der Waals surface area contributed by atoms with Crippen LogP contribution >= 0.6 is 0 Å². The molecule has 1 heterocycles. The lowest BCUT2D eigenvalue weighted by Crippen LogP contribution is -2.05. The van der Waals surface area contributed by atoms with Crippen molar-refractivity contribution in [3.8, 4) is 5.75 Å². The molecular weight excluding hydrogens is 204 g/mol. The Morgan fingerprint density at radius 1 is 1.38 bits per heavy atom. The number of phenols is 1. The largest absolute Gasteiger partial charge is 0.508 e. The molecule has 84 valence electrons. The summed E-state index contributed by atoms with van der Waals surface area (Å²) in [6, 6.07) is 7.19. The third kappa shape index (κ3) is 1.90. The SMILES string of the molecule is Cc1c(CN)nnn1Cc1ccccc1O. The lowest BCUT2D eigenvalue weighted by atomic mass is 10.2. The molecule has 0 aliphatic rings. The maximum Gasteiger partial charge on any atom is 0.120 e. The average Bonchev–Trinajstić information content (AvgIpc) is 2.63. The van der Waals surface area contributed by atoms with Crippen molar-refractivity contribution >= 4 is 0 Å². The van der Waals surface area contributed by atoms with Crippen LogP contribution in [0.15, 0.2) is 24.3 Å². The first-order valence-corrected chi connectivity index (χ1v) is 5.08. The standard InChI is InChI=1S/C11H14N4O/c1-8-10(6-12)13-14-15(8)7-9-4-2-3-5-11(9)16/h2-5,16H,6-7,12H2,1H3. The van der Waals surface area contributed by atoms with Crippen molar-refractivity contribution in [3.05, 3.63) is 41.2 Å². The molecule has 5 nitrogen and oxygen atoms in total. The van der Waals surface area contributed by atoms with Gasteiger partial charge in [-0.05, 0) is 13.0 Å². The number of nitrogens with zero attached hydrogens (tertiary/aromatic N) is 3. The third-order valence-corrected chi connectivity index (χ3v) is 2.58. The number of benzene rings is 1. The first kappa shape index (κ1) is 10.6. The van der Waals surface area contributed by atoms with Gasteiger partial charge < -0.3 is 10.8 Å². The van der Waals surface area contributed by atoms with Crippen LogP contribution in [-0.2, 0) is 13.1 Å². The van der Waals surface area contributed by atoms with E-state index in [1.165, 1.54) is 0 Å². The van der Waals surface area contributed by atoms with Crippen molar-refractivity contribution in [2.45, 2.75) is 20.0 Å². The van der Waals surface area contributed by atoms with Crippen LogP contribution in [0, 0.1) is 6.92 Å². The van der Waals surface area contributed by atoms with Gasteiger partial charge >= 0.3 is 0 Å². The number of para-hydroxylation sites is 1. The first-order valence-electron chi connectivity index (χ1n) is 5.08. The van der Waals surface area contributed by atoms with E-state index in [2.05, 4.69) is 10.3 Å². The molecule has 1 aromatic carbocycles.